The van der Waals surface area contributed by atoms with E-state index >= 15 is 0 Å². The van der Waals surface area contributed by atoms with Crippen LogP contribution >= 0.6 is 11.8 Å². The Kier molecular flexibility index (Phi) is 8.64. The number of hydrogen-bond donors (Lipinski definition) is 3. The second kappa shape index (κ2) is 11.7. The quantitative estimate of drug-likeness (QED) is 0.380. The van der Waals surface area contributed by atoms with E-state index in [0.717, 1.165) is 5.56 Å². The van der Waals surface area contributed by atoms with Gasteiger partial charge in [-0.1, -0.05) is 54.2 Å². The summed E-state index contributed by atoms with van der Waals surface area (Å²) in [5.74, 6) is -1.35. The van der Waals surface area contributed by atoms with Crippen LogP contribution in [-0.2, 0) is 16.1 Å². The van der Waals surface area contributed by atoms with Crippen LogP contribution in [0.5, 0.6) is 0 Å². The van der Waals surface area contributed by atoms with E-state index in [9.17, 15) is 14.4 Å². The second-order valence-electron chi connectivity index (χ2n) is 8.29. The molecule has 1 fully saturated rings. The lowest BCUT2D eigenvalue weighted by molar-refractivity contribution is -0.136. The van der Waals surface area contributed by atoms with Gasteiger partial charge in [0.15, 0.2) is 5.17 Å². The van der Waals surface area contributed by atoms with Gasteiger partial charge in [-0.05, 0) is 24.6 Å². The molecule has 3 N–H and O–H groups in total. The first-order valence-corrected chi connectivity index (χ1v) is 12.0. The molecular weight excluding hydrogens is 466 g/mol. The average Bonchev–Trinajstić information content (AvgIpc) is 3.12. The van der Waals surface area contributed by atoms with Crippen molar-refractivity contribution in [2.45, 2.75) is 31.2 Å². The lowest BCUT2D eigenvalue weighted by atomic mass is 10.1. The third-order valence-electron chi connectivity index (χ3n) is 5.73. The topological polar surface area (TPSA) is 126 Å². The van der Waals surface area contributed by atoms with Crippen LogP contribution in [0, 0.1) is 5.41 Å². The molecule has 1 saturated heterocycles. The Morgan fingerprint density at radius 1 is 1.11 bits per heavy atom. The van der Waals surface area contributed by atoms with Gasteiger partial charge in [-0.2, -0.15) is 4.99 Å². The molecule has 2 aromatic rings. The largest absolute Gasteiger partial charge is 0.481 e. The summed E-state index contributed by atoms with van der Waals surface area (Å²) < 4.78 is 0. The first-order chi connectivity index (χ1) is 16.7. The molecule has 2 atom stereocenters. The maximum Gasteiger partial charge on any atom is 0.305 e. The van der Waals surface area contributed by atoms with E-state index in [1.54, 1.807) is 36.2 Å². The number of amidine groups is 2. The van der Waals surface area contributed by atoms with Crippen molar-refractivity contribution in [2.75, 3.05) is 20.6 Å². The van der Waals surface area contributed by atoms with Crippen LogP contribution in [0.25, 0.3) is 0 Å². The monoisotopic (exact) mass is 495 g/mol. The van der Waals surface area contributed by atoms with E-state index in [0.29, 0.717) is 28.7 Å². The standard InChI is InChI=1S/C25H29N5O4S/c1-16-21(24(34)27-14-13-20(31)32)35-25(30(16)3)28-23(33)19-11-9-18(10-12-19)22(26)29(2)15-17-7-5-4-6-8-17/h4-12,16,21,26H,13-15H2,1-3H3,(H,27,34)(H,31,32). The number of rotatable bonds is 8. The number of aliphatic imine (C=N–C) groups is 1. The van der Waals surface area contributed by atoms with Gasteiger partial charge in [0.05, 0.1) is 6.42 Å². The Bertz CT molecular complexity index is 1120. The number of carboxylic acid groups (broad SMARTS) is 1. The van der Waals surface area contributed by atoms with E-state index in [1.807, 2.05) is 49.2 Å². The fourth-order valence-corrected chi connectivity index (χ4v) is 4.79. The molecule has 0 radical (unpaired) electrons. The van der Waals surface area contributed by atoms with Gasteiger partial charge in [0, 0.05) is 44.4 Å². The highest BCUT2D eigenvalue weighted by atomic mass is 32.2. The van der Waals surface area contributed by atoms with Crippen molar-refractivity contribution >= 4 is 40.5 Å². The summed E-state index contributed by atoms with van der Waals surface area (Å²) in [6.45, 7) is 2.50. The number of benzene rings is 2. The van der Waals surface area contributed by atoms with Crippen molar-refractivity contribution in [3.05, 3.63) is 71.3 Å². The third-order valence-corrected chi connectivity index (χ3v) is 7.18. The van der Waals surface area contributed by atoms with Gasteiger partial charge in [0.25, 0.3) is 5.91 Å². The number of carbonyl (C=O) groups is 3. The summed E-state index contributed by atoms with van der Waals surface area (Å²) >= 11 is 1.18. The zero-order chi connectivity index (χ0) is 25.5. The third kappa shape index (κ3) is 6.69. The molecule has 1 aliphatic rings. The molecule has 10 heteroatoms. The highest BCUT2D eigenvalue weighted by molar-refractivity contribution is 8.15. The molecule has 184 valence electrons. The van der Waals surface area contributed by atoms with E-state index in [-0.39, 0.29) is 24.9 Å². The first kappa shape index (κ1) is 26.0. The van der Waals surface area contributed by atoms with Gasteiger partial charge in [-0.15, -0.1) is 0 Å². The van der Waals surface area contributed by atoms with Crippen molar-refractivity contribution in [3.8, 4) is 0 Å². The van der Waals surface area contributed by atoms with E-state index in [4.69, 9.17) is 10.5 Å². The zero-order valence-electron chi connectivity index (χ0n) is 19.9. The zero-order valence-corrected chi connectivity index (χ0v) is 20.7. The fourth-order valence-electron chi connectivity index (χ4n) is 3.52. The fraction of sp³-hybridized carbons (Fsp3) is 0.320. The number of nitrogens with one attached hydrogen (secondary N) is 2. The van der Waals surface area contributed by atoms with Crippen LogP contribution in [0.15, 0.2) is 59.6 Å². The van der Waals surface area contributed by atoms with Crippen molar-refractivity contribution in [1.82, 2.24) is 15.1 Å². The number of hydrogen-bond acceptors (Lipinski definition) is 5. The molecule has 3 rings (SSSR count). The number of thioether (sulfide) groups is 1. The molecule has 1 heterocycles. The number of amides is 2. The molecule has 0 saturated carbocycles. The Balaban J connectivity index is 1.63. The molecule has 2 unspecified atom stereocenters. The predicted molar refractivity (Wildman–Crippen MR) is 137 cm³/mol. The predicted octanol–water partition coefficient (Wildman–Crippen LogP) is 2.67. The van der Waals surface area contributed by atoms with Gasteiger partial charge in [-0.3, -0.25) is 19.8 Å². The van der Waals surface area contributed by atoms with Crippen molar-refractivity contribution < 1.29 is 19.5 Å². The van der Waals surface area contributed by atoms with Gasteiger partial charge < -0.3 is 20.2 Å². The molecule has 0 aromatic heterocycles. The lowest BCUT2D eigenvalue weighted by Gasteiger charge is -2.20. The van der Waals surface area contributed by atoms with Crippen LogP contribution < -0.4 is 5.32 Å². The van der Waals surface area contributed by atoms with Crippen LogP contribution in [-0.4, -0.2) is 75.6 Å². The Labute approximate surface area is 208 Å². The molecule has 0 aliphatic carbocycles. The van der Waals surface area contributed by atoms with Gasteiger partial charge in [0.2, 0.25) is 5.91 Å². The minimum absolute atomic E-state index is 0.0506. The smallest absolute Gasteiger partial charge is 0.305 e. The summed E-state index contributed by atoms with van der Waals surface area (Å²) in [5.41, 5.74) is 2.17. The lowest BCUT2D eigenvalue weighted by Crippen LogP contribution is -2.41. The molecule has 0 bridgehead atoms. The van der Waals surface area contributed by atoms with E-state index < -0.39 is 17.1 Å². The Hall–Kier alpha value is -3.66. The summed E-state index contributed by atoms with van der Waals surface area (Å²) in [4.78, 5) is 43.7. The van der Waals surface area contributed by atoms with Crippen LogP contribution in [0.4, 0.5) is 0 Å². The minimum atomic E-state index is -0.980. The summed E-state index contributed by atoms with van der Waals surface area (Å²) in [7, 11) is 3.62. The molecule has 2 aromatic carbocycles. The molecule has 9 nitrogen and oxygen atoms in total. The van der Waals surface area contributed by atoms with E-state index in [2.05, 4.69) is 10.3 Å². The number of carbonyl (C=O) groups excluding carboxylic acids is 2. The number of carboxylic acids is 1. The van der Waals surface area contributed by atoms with Crippen LogP contribution in [0.3, 0.4) is 0 Å². The molecule has 2 amide bonds. The minimum Gasteiger partial charge on any atom is -0.481 e. The average molecular weight is 496 g/mol. The van der Waals surface area contributed by atoms with Gasteiger partial charge >= 0.3 is 5.97 Å². The van der Waals surface area contributed by atoms with Crippen LogP contribution in [0.1, 0.15) is 34.8 Å². The summed E-state index contributed by atoms with van der Waals surface area (Å²) in [5, 5.41) is 19.7. The van der Waals surface area contributed by atoms with Crippen molar-refractivity contribution in [1.29, 1.82) is 5.41 Å². The normalized spacial score (nSPS) is 18.4. The SMILES string of the molecule is CC1C(C(=O)NCCC(=O)O)SC(=NC(=O)c2ccc(C(=N)N(C)Cc3ccccc3)cc2)N1C. The number of aliphatic carboxylic acids is 1. The summed E-state index contributed by atoms with van der Waals surface area (Å²) in [6.07, 6.45) is -0.151. The highest BCUT2D eigenvalue weighted by Crippen LogP contribution is 2.31. The molecule has 0 spiro atoms. The number of nitrogens with zero attached hydrogens (tertiary/aromatic N) is 3. The molecule has 1 aliphatic heterocycles. The Morgan fingerprint density at radius 2 is 1.74 bits per heavy atom. The summed E-state index contributed by atoms with van der Waals surface area (Å²) in [6, 6.07) is 16.4. The first-order valence-electron chi connectivity index (χ1n) is 11.1. The van der Waals surface area contributed by atoms with Crippen molar-refractivity contribution in [2.24, 2.45) is 4.99 Å². The Morgan fingerprint density at radius 3 is 2.37 bits per heavy atom. The van der Waals surface area contributed by atoms with Crippen LogP contribution in [0.2, 0.25) is 0 Å². The maximum atomic E-state index is 12.8. The second-order valence-corrected chi connectivity index (χ2v) is 9.40. The van der Waals surface area contributed by atoms with Crippen molar-refractivity contribution in [3.63, 3.8) is 0 Å². The highest BCUT2D eigenvalue weighted by Gasteiger charge is 2.39. The van der Waals surface area contributed by atoms with Gasteiger partial charge in [0.1, 0.15) is 11.1 Å². The van der Waals surface area contributed by atoms with E-state index in [1.165, 1.54) is 11.8 Å². The molecular formula is C25H29N5O4S. The van der Waals surface area contributed by atoms with Gasteiger partial charge in [-0.25, -0.2) is 0 Å². The molecule has 35 heavy (non-hydrogen) atoms. The maximum absolute atomic E-state index is 12.8.